The molecule has 0 aliphatic carbocycles. The van der Waals surface area contributed by atoms with Crippen LogP contribution in [0.4, 0.5) is 5.69 Å². The number of nitrogens with zero attached hydrogens (tertiary/aromatic N) is 2. The summed E-state index contributed by atoms with van der Waals surface area (Å²) in [5, 5.41) is 17.3. The van der Waals surface area contributed by atoms with Crippen molar-refractivity contribution in [3.63, 3.8) is 0 Å². The molecule has 10 heteroatoms. The highest BCUT2D eigenvalue weighted by Gasteiger charge is 2.42. The highest BCUT2D eigenvalue weighted by molar-refractivity contribution is 6.20. The Bertz CT molecular complexity index is 1580. The number of fused-ring (bicyclic) bond motifs is 1. The van der Waals surface area contributed by atoms with Gasteiger partial charge in [-0.25, -0.2) is 0 Å². The largest absolute Gasteiger partial charge is 0.505 e. The Kier molecular flexibility index (Phi) is 7.55. The molecule has 0 radical (unpaired) electrons. The number of phenolic OH excluding ortho intramolecular Hbond substituents is 1. The van der Waals surface area contributed by atoms with Crippen LogP contribution in [0, 0.1) is 5.41 Å². The first-order valence-corrected chi connectivity index (χ1v) is 13.6. The Hall–Kier alpha value is -4.99. The topological polar surface area (TPSA) is 120 Å². The van der Waals surface area contributed by atoms with Crippen molar-refractivity contribution in [1.29, 1.82) is 0 Å². The third-order valence-corrected chi connectivity index (χ3v) is 7.17. The van der Waals surface area contributed by atoms with Gasteiger partial charge in [-0.1, -0.05) is 63.2 Å². The Morgan fingerprint density at radius 2 is 1.64 bits per heavy atom. The maximum atomic E-state index is 13.9. The van der Waals surface area contributed by atoms with E-state index in [1.54, 1.807) is 26.2 Å². The van der Waals surface area contributed by atoms with Crippen molar-refractivity contribution in [3.8, 4) is 17.2 Å². The molecule has 0 spiro atoms. The van der Waals surface area contributed by atoms with Crippen LogP contribution in [0.2, 0.25) is 0 Å². The molecular formula is C32H34N4O6. The van der Waals surface area contributed by atoms with Crippen LogP contribution in [-0.4, -0.2) is 53.5 Å². The van der Waals surface area contributed by atoms with Crippen LogP contribution < -0.4 is 20.1 Å². The Morgan fingerprint density at radius 3 is 2.33 bits per heavy atom. The summed E-state index contributed by atoms with van der Waals surface area (Å²) in [6.07, 6.45) is 0. The number of imide groups is 1. The third kappa shape index (κ3) is 5.47. The second-order valence-electron chi connectivity index (χ2n) is 11.5. The number of para-hydroxylation sites is 1. The summed E-state index contributed by atoms with van der Waals surface area (Å²) in [4.78, 5) is 42.9. The van der Waals surface area contributed by atoms with Gasteiger partial charge in [0.2, 0.25) is 6.79 Å². The molecular weight excluding hydrogens is 536 g/mol. The van der Waals surface area contributed by atoms with Crippen LogP contribution in [0.5, 0.6) is 17.2 Å². The summed E-state index contributed by atoms with van der Waals surface area (Å²) < 4.78 is 11.1. The van der Waals surface area contributed by atoms with E-state index in [0.29, 0.717) is 11.5 Å². The number of aromatic hydroxyl groups is 1. The van der Waals surface area contributed by atoms with Gasteiger partial charge in [0.05, 0.1) is 23.8 Å². The number of ether oxygens (including phenoxy) is 2. The van der Waals surface area contributed by atoms with Gasteiger partial charge < -0.3 is 30.1 Å². The number of phenols is 1. The Labute approximate surface area is 244 Å². The summed E-state index contributed by atoms with van der Waals surface area (Å²) in [5.41, 5.74) is 1.41. The van der Waals surface area contributed by atoms with Gasteiger partial charge in [0.25, 0.3) is 17.7 Å². The SMILES string of the molecule is CN(C)C(=O)c1cccc(NC2=C(N[C@@H](c3ccc4c(c3)OCO4)C(C)(C)C)C(=O)N(Cc3ccccc3)C2=O)c1O. The number of rotatable bonds is 8. The van der Waals surface area contributed by atoms with E-state index in [1.807, 2.05) is 69.3 Å². The molecule has 2 aliphatic rings. The molecule has 0 saturated heterocycles. The number of hydrogen-bond donors (Lipinski definition) is 3. The van der Waals surface area contributed by atoms with Crippen LogP contribution in [0.15, 0.2) is 78.1 Å². The molecule has 10 nitrogen and oxygen atoms in total. The lowest BCUT2D eigenvalue weighted by molar-refractivity contribution is -0.138. The van der Waals surface area contributed by atoms with Crippen LogP contribution in [0.3, 0.4) is 0 Å². The third-order valence-electron chi connectivity index (χ3n) is 7.17. The number of carbonyl (C=O) groups is 3. The van der Waals surface area contributed by atoms with E-state index >= 15 is 0 Å². The molecule has 3 aromatic rings. The van der Waals surface area contributed by atoms with Gasteiger partial charge in [0.15, 0.2) is 17.2 Å². The quantitative estimate of drug-likeness (QED) is 0.269. The summed E-state index contributed by atoms with van der Waals surface area (Å²) in [7, 11) is 3.16. The van der Waals surface area contributed by atoms with Gasteiger partial charge in [0.1, 0.15) is 11.4 Å². The van der Waals surface area contributed by atoms with E-state index in [0.717, 1.165) is 16.0 Å². The second-order valence-corrected chi connectivity index (χ2v) is 11.5. The Balaban J connectivity index is 1.57. The predicted octanol–water partition coefficient (Wildman–Crippen LogP) is 4.39. The first-order chi connectivity index (χ1) is 20.0. The molecule has 5 rings (SSSR count). The monoisotopic (exact) mass is 570 g/mol. The molecule has 42 heavy (non-hydrogen) atoms. The number of hydrogen-bond acceptors (Lipinski definition) is 8. The average molecular weight is 571 g/mol. The fourth-order valence-corrected chi connectivity index (χ4v) is 4.96. The van der Waals surface area contributed by atoms with Crippen molar-refractivity contribution in [2.45, 2.75) is 33.4 Å². The van der Waals surface area contributed by atoms with E-state index in [2.05, 4.69) is 10.6 Å². The summed E-state index contributed by atoms with van der Waals surface area (Å²) >= 11 is 0. The van der Waals surface area contributed by atoms with Crippen LogP contribution >= 0.6 is 0 Å². The molecule has 218 valence electrons. The standard InChI is InChI=1S/C32H34N4O6/c1-32(2,3)28(20-14-15-23-24(16-20)42-18-41-23)34-26-25(30(39)36(31(26)40)17-19-10-7-6-8-11-19)33-22-13-9-12-21(27(22)37)29(38)35(4)5/h6-16,28,33-34,37H,17-18H2,1-5H3/t28-/m0/s1. The normalized spacial score (nSPS) is 15.2. The molecule has 0 aromatic heterocycles. The lowest BCUT2D eigenvalue weighted by atomic mass is 9.82. The average Bonchev–Trinajstić information content (AvgIpc) is 3.50. The molecule has 0 fully saturated rings. The van der Waals surface area contributed by atoms with Gasteiger partial charge in [-0.3, -0.25) is 19.3 Å². The van der Waals surface area contributed by atoms with E-state index in [1.165, 1.54) is 11.0 Å². The van der Waals surface area contributed by atoms with Crippen LogP contribution in [0.25, 0.3) is 0 Å². The zero-order valence-corrected chi connectivity index (χ0v) is 24.2. The summed E-state index contributed by atoms with van der Waals surface area (Å²) in [5.74, 6) is -0.569. The minimum absolute atomic E-state index is 0.0318. The minimum atomic E-state index is -0.562. The van der Waals surface area contributed by atoms with Crippen molar-refractivity contribution in [2.24, 2.45) is 5.41 Å². The summed E-state index contributed by atoms with van der Waals surface area (Å²) in [6, 6.07) is 19.0. The van der Waals surface area contributed by atoms with Crippen molar-refractivity contribution in [1.82, 2.24) is 15.1 Å². The molecule has 2 aliphatic heterocycles. The molecule has 2 heterocycles. The second kappa shape index (κ2) is 11.1. The first-order valence-electron chi connectivity index (χ1n) is 13.6. The number of benzene rings is 3. The molecule has 0 bridgehead atoms. The van der Waals surface area contributed by atoms with Gasteiger partial charge in [-0.15, -0.1) is 0 Å². The molecule has 3 amide bonds. The van der Waals surface area contributed by atoms with Gasteiger partial charge in [0, 0.05) is 14.1 Å². The van der Waals surface area contributed by atoms with Crippen LogP contribution in [0.1, 0.15) is 48.3 Å². The van der Waals surface area contributed by atoms with Crippen LogP contribution in [-0.2, 0) is 16.1 Å². The van der Waals surface area contributed by atoms with Crippen molar-refractivity contribution < 1.29 is 29.0 Å². The fourth-order valence-electron chi connectivity index (χ4n) is 4.96. The smallest absolute Gasteiger partial charge is 0.279 e. The van der Waals surface area contributed by atoms with Gasteiger partial charge >= 0.3 is 0 Å². The van der Waals surface area contributed by atoms with E-state index < -0.39 is 29.2 Å². The lowest BCUT2D eigenvalue weighted by Gasteiger charge is -2.33. The van der Waals surface area contributed by atoms with E-state index in [-0.39, 0.29) is 41.7 Å². The van der Waals surface area contributed by atoms with Crippen molar-refractivity contribution in [2.75, 3.05) is 26.2 Å². The maximum absolute atomic E-state index is 13.9. The molecule has 1 atom stereocenters. The summed E-state index contributed by atoms with van der Waals surface area (Å²) in [6.45, 7) is 6.26. The number of anilines is 1. The molecule has 3 N–H and O–H groups in total. The number of carbonyl (C=O) groups excluding carboxylic acids is 3. The molecule has 0 unspecified atom stereocenters. The van der Waals surface area contributed by atoms with Gasteiger partial charge in [-0.2, -0.15) is 0 Å². The fraction of sp³-hybridized carbons (Fsp3) is 0.281. The van der Waals surface area contributed by atoms with Crippen molar-refractivity contribution >= 4 is 23.4 Å². The van der Waals surface area contributed by atoms with Gasteiger partial charge in [-0.05, 0) is 40.8 Å². The highest BCUT2D eigenvalue weighted by Crippen LogP contribution is 2.41. The number of nitrogens with one attached hydrogen (secondary N) is 2. The van der Waals surface area contributed by atoms with Crippen molar-refractivity contribution in [3.05, 3.63) is 94.8 Å². The Morgan fingerprint density at radius 1 is 0.952 bits per heavy atom. The molecule has 0 saturated carbocycles. The highest BCUT2D eigenvalue weighted by atomic mass is 16.7. The zero-order chi connectivity index (χ0) is 30.2. The zero-order valence-electron chi connectivity index (χ0n) is 24.2. The lowest BCUT2D eigenvalue weighted by Crippen LogP contribution is -2.37. The molecule has 3 aromatic carbocycles. The van der Waals surface area contributed by atoms with E-state index in [4.69, 9.17) is 9.47 Å². The first kappa shape index (κ1) is 28.5. The minimum Gasteiger partial charge on any atom is -0.505 e. The predicted molar refractivity (Wildman–Crippen MR) is 157 cm³/mol. The van der Waals surface area contributed by atoms with E-state index in [9.17, 15) is 19.5 Å². The number of amides is 3. The maximum Gasteiger partial charge on any atom is 0.279 e.